The number of Topliss-reactive ketones (excluding diaryl/α,β-unsaturated/α-hetero) is 1. The van der Waals surface area contributed by atoms with Crippen LogP contribution in [0, 0.1) is 0 Å². The predicted molar refractivity (Wildman–Crippen MR) is 74.9 cm³/mol. The first kappa shape index (κ1) is 13.3. The molecule has 1 saturated carbocycles. The summed E-state index contributed by atoms with van der Waals surface area (Å²) in [6.07, 6.45) is 5.78. The normalized spacial score (nSPS) is 15.0. The molecule has 0 N–H and O–H groups in total. The summed E-state index contributed by atoms with van der Waals surface area (Å²) in [5.74, 6) is 0.276. The summed E-state index contributed by atoms with van der Waals surface area (Å²) < 4.78 is 0. The minimum Gasteiger partial charge on any atom is -0.300 e. The predicted octanol–water partition coefficient (Wildman–Crippen LogP) is 3.52. The molecule has 1 aliphatic carbocycles. The van der Waals surface area contributed by atoms with Crippen molar-refractivity contribution in [3.63, 3.8) is 0 Å². The van der Waals surface area contributed by atoms with Gasteiger partial charge in [0, 0.05) is 24.6 Å². The van der Waals surface area contributed by atoms with Gasteiger partial charge >= 0.3 is 0 Å². The van der Waals surface area contributed by atoms with Crippen molar-refractivity contribution in [2.75, 3.05) is 13.1 Å². The lowest BCUT2D eigenvalue weighted by Crippen LogP contribution is -2.29. The highest BCUT2D eigenvalue weighted by Gasteiger charge is 2.28. The molecule has 0 heterocycles. The van der Waals surface area contributed by atoms with Gasteiger partial charge in [0.05, 0.1) is 0 Å². The molecule has 1 fully saturated rings. The van der Waals surface area contributed by atoms with Gasteiger partial charge in [0.15, 0.2) is 5.78 Å². The number of nitrogens with zero attached hydrogens (tertiary/aromatic N) is 1. The van der Waals surface area contributed by atoms with Gasteiger partial charge in [0.25, 0.3) is 0 Å². The lowest BCUT2D eigenvalue weighted by Gasteiger charge is -2.21. The van der Waals surface area contributed by atoms with Gasteiger partial charge in [-0.05, 0) is 25.8 Å². The molecule has 1 aliphatic rings. The smallest absolute Gasteiger partial charge is 0.164 e. The number of rotatable bonds is 8. The molecule has 0 spiro atoms. The van der Waals surface area contributed by atoms with Crippen LogP contribution in [0.2, 0.25) is 0 Å². The molecule has 0 aliphatic heterocycles. The summed E-state index contributed by atoms with van der Waals surface area (Å²) >= 11 is 0. The summed E-state index contributed by atoms with van der Waals surface area (Å²) in [6, 6.07) is 10.4. The van der Waals surface area contributed by atoms with Crippen LogP contribution < -0.4 is 0 Å². The zero-order valence-corrected chi connectivity index (χ0v) is 11.3. The van der Waals surface area contributed by atoms with Crippen molar-refractivity contribution in [1.82, 2.24) is 4.90 Å². The number of hydrogen-bond acceptors (Lipinski definition) is 2. The second-order valence-corrected chi connectivity index (χ2v) is 5.16. The van der Waals surface area contributed by atoms with Gasteiger partial charge in [-0.25, -0.2) is 0 Å². The van der Waals surface area contributed by atoms with E-state index in [2.05, 4.69) is 11.8 Å². The van der Waals surface area contributed by atoms with Gasteiger partial charge in [0.2, 0.25) is 0 Å². The SMILES string of the molecule is CCCCN(CCC(=O)c1ccccc1)C1CC1. The van der Waals surface area contributed by atoms with Gasteiger partial charge in [-0.3, -0.25) is 9.69 Å². The molecule has 0 radical (unpaired) electrons. The third kappa shape index (κ3) is 3.95. The van der Waals surface area contributed by atoms with Crippen LogP contribution in [0.15, 0.2) is 30.3 Å². The van der Waals surface area contributed by atoms with E-state index < -0.39 is 0 Å². The Balaban J connectivity index is 1.80. The molecule has 2 rings (SSSR count). The van der Waals surface area contributed by atoms with Gasteiger partial charge in [0.1, 0.15) is 0 Å². The topological polar surface area (TPSA) is 20.3 Å². The average Bonchev–Trinajstić information content (AvgIpc) is 3.24. The fraction of sp³-hybridized carbons (Fsp3) is 0.562. The van der Waals surface area contributed by atoms with Crippen molar-refractivity contribution in [2.45, 2.75) is 45.1 Å². The summed E-state index contributed by atoms with van der Waals surface area (Å²) in [6.45, 7) is 4.31. The second kappa shape index (κ2) is 6.69. The number of hydrogen-bond donors (Lipinski definition) is 0. The van der Waals surface area contributed by atoms with Crippen molar-refractivity contribution in [1.29, 1.82) is 0 Å². The Bertz CT molecular complexity index is 370. The molecule has 0 amide bonds. The zero-order chi connectivity index (χ0) is 12.8. The molecule has 0 unspecified atom stereocenters. The van der Waals surface area contributed by atoms with E-state index in [0.29, 0.717) is 6.42 Å². The summed E-state index contributed by atoms with van der Waals surface area (Å²) in [7, 11) is 0. The standard InChI is InChI=1S/C16H23NO/c1-2-3-12-17(15-9-10-15)13-11-16(18)14-7-5-4-6-8-14/h4-8,15H,2-3,9-13H2,1H3. The monoisotopic (exact) mass is 245 g/mol. The third-order valence-electron chi connectivity index (χ3n) is 3.58. The van der Waals surface area contributed by atoms with E-state index in [0.717, 1.165) is 24.7 Å². The van der Waals surface area contributed by atoms with Crippen LogP contribution in [-0.2, 0) is 0 Å². The molecule has 18 heavy (non-hydrogen) atoms. The van der Waals surface area contributed by atoms with Crippen LogP contribution >= 0.6 is 0 Å². The number of benzene rings is 1. The molecule has 1 aromatic carbocycles. The Kier molecular flexibility index (Phi) is 4.94. The molecule has 0 aromatic heterocycles. The fourth-order valence-corrected chi connectivity index (χ4v) is 2.29. The maximum atomic E-state index is 12.0. The van der Waals surface area contributed by atoms with E-state index in [4.69, 9.17) is 0 Å². The van der Waals surface area contributed by atoms with Gasteiger partial charge in [-0.2, -0.15) is 0 Å². The maximum absolute atomic E-state index is 12.0. The highest BCUT2D eigenvalue weighted by Crippen LogP contribution is 2.27. The third-order valence-corrected chi connectivity index (χ3v) is 3.58. The van der Waals surface area contributed by atoms with Crippen LogP contribution in [0.1, 0.15) is 49.4 Å². The summed E-state index contributed by atoms with van der Waals surface area (Å²) in [4.78, 5) is 14.5. The van der Waals surface area contributed by atoms with Crippen molar-refractivity contribution in [2.24, 2.45) is 0 Å². The van der Waals surface area contributed by atoms with Crippen molar-refractivity contribution >= 4 is 5.78 Å². The molecule has 1 aromatic rings. The van der Waals surface area contributed by atoms with E-state index in [1.165, 1.54) is 25.7 Å². The van der Waals surface area contributed by atoms with Crippen LogP contribution in [0.4, 0.5) is 0 Å². The summed E-state index contributed by atoms with van der Waals surface area (Å²) in [5, 5.41) is 0. The fourth-order valence-electron chi connectivity index (χ4n) is 2.29. The maximum Gasteiger partial charge on any atom is 0.164 e. The highest BCUT2D eigenvalue weighted by atomic mass is 16.1. The van der Waals surface area contributed by atoms with E-state index >= 15 is 0 Å². The minimum atomic E-state index is 0.276. The lowest BCUT2D eigenvalue weighted by molar-refractivity contribution is 0.0962. The Labute approximate surface area is 110 Å². The Morgan fingerprint density at radius 2 is 1.94 bits per heavy atom. The number of carbonyl (C=O) groups excluding carboxylic acids is 1. The summed E-state index contributed by atoms with van der Waals surface area (Å²) in [5.41, 5.74) is 0.851. The minimum absolute atomic E-state index is 0.276. The molecule has 0 bridgehead atoms. The number of carbonyl (C=O) groups is 1. The quantitative estimate of drug-likeness (QED) is 0.653. The molecule has 2 heteroatoms. The second-order valence-electron chi connectivity index (χ2n) is 5.16. The highest BCUT2D eigenvalue weighted by molar-refractivity contribution is 5.96. The van der Waals surface area contributed by atoms with Crippen LogP contribution in [0.3, 0.4) is 0 Å². The first-order valence-electron chi connectivity index (χ1n) is 7.13. The van der Waals surface area contributed by atoms with Crippen molar-refractivity contribution in [3.8, 4) is 0 Å². The van der Waals surface area contributed by atoms with E-state index in [1.54, 1.807) is 0 Å². The van der Waals surface area contributed by atoms with Crippen molar-refractivity contribution < 1.29 is 4.79 Å². The van der Waals surface area contributed by atoms with Gasteiger partial charge in [-0.1, -0.05) is 43.7 Å². The first-order valence-corrected chi connectivity index (χ1v) is 7.13. The number of unbranched alkanes of at least 4 members (excludes halogenated alkanes) is 1. The zero-order valence-electron chi connectivity index (χ0n) is 11.3. The molecular formula is C16H23NO. The van der Waals surface area contributed by atoms with Crippen LogP contribution in [-0.4, -0.2) is 29.8 Å². The Morgan fingerprint density at radius 1 is 1.22 bits per heavy atom. The first-order chi connectivity index (χ1) is 8.81. The van der Waals surface area contributed by atoms with Gasteiger partial charge < -0.3 is 0 Å². The molecular weight excluding hydrogens is 222 g/mol. The van der Waals surface area contributed by atoms with Crippen LogP contribution in [0.25, 0.3) is 0 Å². The average molecular weight is 245 g/mol. The Hall–Kier alpha value is -1.15. The molecule has 2 nitrogen and oxygen atoms in total. The van der Waals surface area contributed by atoms with E-state index in [9.17, 15) is 4.79 Å². The van der Waals surface area contributed by atoms with E-state index in [1.807, 2.05) is 30.3 Å². The molecule has 0 atom stereocenters. The van der Waals surface area contributed by atoms with Crippen LogP contribution in [0.5, 0.6) is 0 Å². The lowest BCUT2D eigenvalue weighted by atomic mass is 10.1. The Morgan fingerprint density at radius 3 is 2.56 bits per heavy atom. The van der Waals surface area contributed by atoms with Crippen molar-refractivity contribution in [3.05, 3.63) is 35.9 Å². The molecule has 0 saturated heterocycles. The number of ketones is 1. The largest absolute Gasteiger partial charge is 0.300 e. The van der Waals surface area contributed by atoms with E-state index in [-0.39, 0.29) is 5.78 Å². The molecule has 98 valence electrons. The van der Waals surface area contributed by atoms with Gasteiger partial charge in [-0.15, -0.1) is 0 Å².